The summed E-state index contributed by atoms with van der Waals surface area (Å²) in [7, 11) is 1.74. The zero-order valence-electron chi connectivity index (χ0n) is 16.1. The number of rotatable bonds is 4. The first-order chi connectivity index (χ1) is 13.8. The predicted molar refractivity (Wildman–Crippen MR) is 115 cm³/mol. The number of amides is 2. The summed E-state index contributed by atoms with van der Waals surface area (Å²) >= 11 is 9.55. The van der Waals surface area contributed by atoms with Crippen molar-refractivity contribution in [2.75, 3.05) is 13.6 Å². The summed E-state index contributed by atoms with van der Waals surface area (Å²) in [5.41, 5.74) is 0.810. The molecule has 6 nitrogen and oxygen atoms in total. The molecule has 2 amide bonds. The average Bonchev–Trinajstić information content (AvgIpc) is 3.15. The van der Waals surface area contributed by atoms with Gasteiger partial charge >= 0.3 is 0 Å². The molecular weight excluding hydrogens is 456 g/mol. The zero-order chi connectivity index (χ0) is 20.9. The van der Waals surface area contributed by atoms with E-state index in [-0.39, 0.29) is 11.8 Å². The van der Waals surface area contributed by atoms with Crippen molar-refractivity contribution in [3.05, 3.63) is 75.8 Å². The van der Waals surface area contributed by atoms with Gasteiger partial charge in [-0.1, -0.05) is 42.0 Å². The molecule has 0 bridgehead atoms. The highest BCUT2D eigenvalue weighted by Crippen LogP contribution is 2.45. The Hall–Kier alpha value is -2.38. The van der Waals surface area contributed by atoms with Gasteiger partial charge in [0.05, 0.1) is 5.69 Å². The van der Waals surface area contributed by atoms with Gasteiger partial charge in [0.25, 0.3) is 11.8 Å². The molecule has 1 aromatic heterocycles. The lowest BCUT2D eigenvalue weighted by atomic mass is 9.91. The standard InChI is InChI=1S/C21H20BrClN4O2/c1-4-11-26-17-15(24-20(26)22)18(28)27(16(17)13-6-8-14(23)9-7-13)21(2)10-5-12-25(3)19(21)29/h4-10,16H,1,11-12H2,2-3H3. The smallest absolute Gasteiger partial charge is 0.276 e. The number of hydrogen-bond donors (Lipinski definition) is 0. The summed E-state index contributed by atoms with van der Waals surface area (Å²) in [5.74, 6) is -0.411. The lowest BCUT2D eigenvalue weighted by Crippen LogP contribution is -2.59. The van der Waals surface area contributed by atoms with Gasteiger partial charge < -0.3 is 14.4 Å². The molecule has 0 saturated carbocycles. The number of benzene rings is 1. The van der Waals surface area contributed by atoms with Gasteiger partial charge in [-0.25, -0.2) is 4.98 Å². The van der Waals surface area contributed by atoms with Gasteiger partial charge in [0, 0.05) is 25.2 Å². The van der Waals surface area contributed by atoms with Crippen LogP contribution in [0, 0.1) is 0 Å². The van der Waals surface area contributed by atoms with E-state index in [9.17, 15) is 9.59 Å². The van der Waals surface area contributed by atoms with E-state index in [1.165, 1.54) is 0 Å². The molecular formula is C21H20BrClN4O2. The van der Waals surface area contributed by atoms with Gasteiger partial charge in [0.1, 0.15) is 11.6 Å². The van der Waals surface area contributed by atoms with E-state index in [4.69, 9.17) is 11.6 Å². The first-order valence-electron chi connectivity index (χ1n) is 9.18. The van der Waals surface area contributed by atoms with E-state index in [2.05, 4.69) is 27.5 Å². The quantitative estimate of drug-likeness (QED) is 0.632. The highest BCUT2D eigenvalue weighted by atomic mass is 79.9. The molecule has 29 heavy (non-hydrogen) atoms. The summed E-state index contributed by atoms with van der Waals surface area (Å²) in [6.45, 7) is 6.59. The minimum atomic E-state index is -1.12. The Labute approximate surface area is 182 Å². The topological polar surface area (TPSA) is 58.4 Å². The molecule has 0 aliphatic carbocycles. The Morgan fingerprint density at radius 3 is 2.69 bits per heavy atom. The number of hydrogen-bond acceptors (Lipinski definition) is 3. The van der Waals surface area contributed by atoms with E-state index in [0.717, 1.165) is 11.3 Å². The zero-order valence-corrected chi connectivity index (χ0v) is 18.4. The molecule has 0 spiro atoms. The highest BCUT2D eigenvalue weighted by molar-refractivity contribution is 9.10. The van der Waals surface area contributed by atoms with E-state index in [1.807, 2.05) is 28.9 Å². The number of aromatic nitrogens is 2. The van der Waals surface area contributed by atoms with Crippen molar-refractivity contribution in [3.63, 3.8) is 0 Å². The summed E-state index contributed by atoms with van der Waals surface area (Å²) < 4.78 is 2.46. The fourth-order valence-corrected chi connectivity index (χ4v) is 4.76. The monoisotopic (exact) mass is 474 g/mol. The number of likely N-dealkylation sites (N-methyl/N-ethyl adjacent to an activating group) is 1. The first-order valence-corrected chi connectivity index (χ1v) is 10.4. The predicted octanol–water partition coefficient (Wildman–Crippen LogP) is 3.82. The van der Waals surface area contributed by atoms with Crippen LogP contribution in [0.4, 0.5) is 0 Å². The van der Waals surface area contributed by atoms with Crippen molar-refractivity contribution < 1.29 is 9.59 Å². The SMILES string of the molecule is C=CCn1c(Br)nc2c1C(c1ccc(Cl)cc1)N(C1(C)C=CCN(C)C1=O)C2=O. The second-order valence-corrected chi connectivity index (χ2v) is 8.52. The minimum absolute atomic E-state index is 0.133. The fourth-order valence-electron chi connectivity index (χ4n) is 4.12. The van der Waals surface area contributed by atoms with Gasteiger partial charge in [0.2, 0.25) is 0 Å². The first kappa shape index (κ1) is 19.9. The van der Waals surface area contributed by atoms with E-state index >= 15 is 0 Å². The second-order valence-electron chi connectivity index (χ2n) is 7.38. The van der Waals surface area contributed by atoms with E-state index < -0.39 is 11.6 Å². The molecule has 2 atom stereocenters. The Morgan fingerprint density at radius 2 is 2.03 bits per heavy atom. The number of imidazole rings is 1. The molecule has 3 heterocycles. The number of allylic oxidation sites excluding steroid dienone is 1. The van der Waals surface area contributed by atoms with Crippen LogP contribution in [-0.4, -0.2) is 50.3 Å². The van der Waals surface area contributed by atoms with Crippen molar-refractivity contribution in [1.82, 2.24) is 19.4 Å². The molecule has 8 heteroatoms. The second kappa shape index (κ2) is 7.15. The molecule has 2 unspecified atom stereocenters. The molecule has 150 valence electrons. The van der Waals surface area contributed by atoms with Crippen LogP contribution < -0.4 is 0 Å². The number of fused-ring (bicyclic) bond motifs is 1. The summed E-state index contributed by atoms with van der Waals surface area (Å²) in [6.07, 6.45) is 5.48. The Bertz CT molecular complexity index is 1050. The highest BCUT2D eigenvalue weighted by Gasteiger charge is 2.54. The third kappa shape index (κ3) is 2.95. The molecule has 0 saturated heterocycles. The maximum atomic E-state index is 13.5. The van der Waals surface area contributed by atoms with Gasteiger partial charge in [-0.3, -0.25) is 9.59 Å². The largest absolute Gasteiger partial charge is 0.340 e. The molecule has 4 rings (SSSR count). The molecule has 2 aliphatic heterocycles. The molecule has 0 fully saturated rings. The summed E-state index contributed by atoms with van der Waals surface area (Å²) in [4.78, 5) is 34.4. The van der Waals surface area contributed by atoms with Gasteiger partial charge in [-0.2, -0.15) is 0 Å². The summed E-state index contributed by atoms with van der Waals surface area (Å²) in [5, 5.41) is 0.602. The lowest BCUT2D eigenvalue weighted by Gasteiger charge is -2.43. The molecule has 2 aliphatic rings. The van der Waals surface area contributed by atoms with Crippen LogP contribution in [0.5, 0.6) is 0 Å². The summed E-state index contributed by atoms with van der Waals surface area (Å²) in [6, 6.07) is 6.84. The number of halogens is 2. The van der Waals surface area contributed by atoms with Crippen molar-refractivity contribution in [2.45, 2.75) is 25.0 Å². The maximum absolute atomic E-state index is 13.5. The Morgan fingerprint density at radius 1 is 1.34 bits per heavy atom. The maximum Gasteiger partial charge on any atom is 0.276 e. The molecule has 0 radical (unpaired) electrons. The Kier molecular flexibility index (Phi) is 4.91. The Balaban J connectivity index is 1.95. The van der Waals surface area contributed by atoms with Crippen molar-refractivity contribution in [3.8, 4) is 0 Å². The average molecular weight is 476 g/mol. The third-order valence-electron chi connectivity index (χ3n) is 5.50. The van der Waals surface area contributed by atoms with Gasteiger partial charge in [-0.05, 0) is 40.5 Å². The van der Waals surface area contributed by atoms with E-state index in [0.29, 0.717) is 28.5 Å². The number of nitrogens with zero attached hydrogens (tertiary/aromatic N) is 4. The van der Waals surface area contributed by atoms with Crippen LogP contribution in [-0.2, 0) is 11.3 Å². The van der Waals surface area contributed by atoms with Crippen LogP contribution in [0.2, 0.25) is 5.02 Å². The number of carbonyl (C=O) groups is 2. The van der Waals surface area contributed by atoms with Crippen molar-refractivity contribution >= 4 is 39.3 Å². The van der Waals surface area contributed by atoms with Crippen LogP contribution in [0.25, 0.3) is 0 Å². The minimum Gasteiger partial charge on any atom is -0.340 e. The molecule has 2 aromatic rings. The van der Waals surface area contributed by atoms with Crippen LogP contribution in [0.1, 0.15) is 34.7 Å². The van der Waals surface area contributed by atoms with Gasteiger partial charge in [0.15, 0.2) is 10.4 Å². The fraction of sp³-hybridized carbons (Fsp3) is 0.286. The lowest BCUT2D eigenvalue weighted by molar-refractivity contribution is -0.139. The van der Waals surface area contributed by atoms with Crippen LogP contribution in [0.15, 0.2) is 53.8 Å². The van der Waals surface area contributed by atoms with Crippen molar-refractivity contribution in [1.29, 1.82) is 0 Å². The molecule has 0 N–H and O–H groups in total. The number of carbonyl (C=O) groups excluding carboxylic acids is 2. The van der Waals surface area contributed by atoms with E-state index in [1.54, 1.807) is 42.0 Å². The van der Waals surface area contributed by atoms with Crippen molar-refractivity contribution in [2.24, 2.45) is 0 Å². The molecule has 1 aromatic carbocycles. The van der Waals surface area contributed by atoms with Crippen LogP contribution >= 0.6 is 27.5 Å². The third-order valence-corrected chi connectivity index (χ3v) is 6.36. The van der Waals surface area contributed by atoms with Crippen LogP contribution in [0.3, 0.4) is 0 Å². The normalized spacial score (nSPS) is 23.7. The van der Waals surface area contributed by atoms with Gasteiger partial charge in [-0.15, -0.1) is 6.58 Å².